The molecular weight excluding hydrogens is 313 g/mol. The normalized spacial score (nSPS) is 13.3. The number of rotatable bonds is 7. The van der Waals surface area contributed by atoms with Crippen molar-refractivity contribution < 1.29 is 27.8 Å². The lowest BCUT2D eigenvalue weighted by Gasteiger charge is -2.26. The molecule has 5 nitrogen and oxygen atoms in total. The van der Waals surface area contributed by atoms with E-state index in [1.807, 2.05) is 13.8 Å². The van der Waals surface area contributed by atoms with Gasteiger partial charge in [-0.05, 0) is 45.0 Å². The van der Waals surface area contributed by atoms with Gasteiger partial charge >= 0.3 is 6.36 Å². The van der Waals surface area contributed by atoms with Gasteiger partial charge in [0.25, 0.3) is 0 Å². The van der Waals surface area contributed by atoms with Crippen LogP contribution in [0.1, 0.15) is 20.8 Å². The fourth-order valence-electron chi connectivity index (χ4n) is 1.92. The Bertz CT molecular complexity index is 502. The van der Waals surface area contributed by atoms with Crippen LogP contribution in [-0.4, -0.2) is 47.5 Å². The summed E-state index contributed by atoms with van der Waals surface area (Å²) in [5.41, 5.74) is 0.366. The molecule has 130 valence electrons. The van der Waals surface area contributed by atoms with E-state index in [0.29, 0.717) is 12.2 Å². The van der Waals surface area contributed by atoms with E-state index in [2.05, 4.69) is 10.1 Å². The van der Waals surface area contributed by atoms with E-state index >= 15 is 0 Å². The highest BCUT2D eigenvalue weighted by molar-refractivity contribution is 5.92. The number of amides is 1. The van der Waals surface area contributed by atoms with E-state index in [9.17, 15) is 23.1 Å². The van der Waals surface area contributed by atoms with Crippen LogP contribution in [0, 0.1) is 0 Å². The molecule has 1 aromatic carbocycles. The molecule has 0 fully saturated rings. The molecular formula is C15H21F3N2O3. The summed E-state index contributed by atoms with van der Waals surface area (Å²) in [5, 5.41) is 12.0. The number of aliphatic hydroxyl groups excluding tert-OH is 1. The van der Waals surface area contributed by atoms with Crippen molar-refractivity contribution in [1.29, 1.82) is 0 Å². The Hall–Kier alpha value is -1.80. The quantitative estimate of drug-likeness (QED) is 0.805. The molecule has 0 aliphatic carbocycles. The maximum Gasteiger partial charge on any atom is 0.573 e. The lowest BCUT2D eigenvalue weighted by Crippen LogP contribution is -2.41. The minimum absolute atomic E-state index is 0.0675. The van der Waals surface area contributed by atoms with Crippen molar-refractivity contribution in [3.8, 4) is 5.75 Å². The number of ether oxygens (including phenoxy) is 1. The summed E-state index contributed by atoms with van der Waals surface area (Å²) in [6.45, 7) is 5.86. The third-order valence-corrected chi connectivity index (χ3v) is 2.95. The van der Waals surface area contributed by atoms with Crippen LogP contribution in [0.4, 0.5) is 18.9 Å². The van der Waals surface area contributed by atoms with Crippen LogP contribution in [0.5, 0.6) is 5.75 Å². The summed E-state index contributed by atoms with van der Waals surface area (Å²) in [4.78, 5) is 13.8. The van der Waals surface area contributed by atoms with Gasteiger partial charge in [0.2, 0.25) is 5.91 Å². The standard InChI is InChI=1S/C15H21F3N2O3/c1-10(2)20(8-11(3)21)9-14(22)19-12-4-6-13(7-5-12)23-15(16,17)18/h4-7,10-11,21H,8-9H2,1-3H3,(H,19,22). The molecule has 0 bridgehead atoms. The van der Waals surface area contributed by atoms with Crippen molar-refractivity contribution >= 4 is 11.6 Å². The lowest BCUT2D eigenvalue weighted by atomic mass is 10.2. The Kier molecular flexibility index (Phi) is 6.83. The second kappa shape index (κ2) is 8.16. The van der Waals surface area contributed by atoms with Gasteiger partial charge in [-0.25, -0.2) is 0 Å². The average Bonchev–Trinajstić information content (AvgIpc) is 2.38. The first-order chi connectivity index (χ1) is 10.6. The number of carbonyl (C=O) groups is 1. The maximum atomic E-state index is 12.1. The summed E-state index contributed by atoms with van der Waals surface area (Å²) in [5.74, 6) is -0.669. The average molecular weight is 334 g/mol. The summed E-state index contributed by atoms with van der Waals surface area (Å²) in [6, 6.07) is 4.97. The van der Waals surface area contributed by atoms with E-state index < -0.39 is 12.5 Å². The molecule has 0 saturated heterocycles. The van der Waals surface area contributed by atoms with Crippen molar-refractivity contribution in [3.63, 3.8) is 0 Å². The highest BCUT2D eigenvalue weighted by Gasteiger charge is 2.31. The number of nitrogens with zero attached hydrogens (tertiary/aromatic N) is 1. The van der Waals surface area contributed by atoms with Gasteiger partial charge in [0.15, 0.2) is 0 Å². The van der Waals surface area contributed by atoms with Crippen molar-refractivity contribution in [2.45, 2.75) is 39.3 Å². The number of alkyl halides is 3. The molecule has 0 heterocycles. The number of nitrogens with one attached hydrogen (secondary N) is 1. The molecule has 0 aliphatic heterocycles. The second-order valence-corrected chi connectivity index (χ2v) is 5.49. The predicted molar refractivity (Wildman–Crippen MR) is 80.1 cm³/mol. The number of hydrogen-bond acceptors (Lipinski definition) is 4. The molecule has 1 unspecified atom stereocenters. The van der Waals surface area contributed by atoms with Gasteiger partial charge in [-0.2, -0.15) is 0 Å². The van der Waals surface area contributed by atoms with Gasteiger partial charge in [0.1, 0.15) is 5.75 Å². The highest BCUT2D eigenvalue weighted by Crippen LogP contribution is 2.23. The molecule has 23 heavy (non-hydrogen) atoms. The van der Waals surface area contributed by atoms with Gasteiger partial charge in [0.05, 0.1) is 12.6 Å². The van der Waals surface area contributed by atoms with Crippen molar-refractivity contribution in [3.05, 3.63) is 24.3 Å². The third kappa shape index (κ3) is 7.85. The van der Waals surface area contributed by atoms with Crippen molar-refractivity contribution in [2.75, 3.05) is 18.4 Å². The Morgan fingerprint density at radius 1 is 1.26 bits per heavy atom. The summed E-state index contributed by atoms with van der Waals surface area (Å²) in [6.07, 6.45) is -5.31. The number of hydrogen-bond donors (Lipinski definition) is 2. The minimum atomic E-state index is -4.75. The number of halogens is 3. The number of benzene rings is 1. The molecule has 1 amide bonds. The SMILES string of the molecule is CC(O)CN(CC(=O)Nc1ccc(OC(F)(F)F)cc1)C(C)C. The molecule has 0 aliphatic rings. The van der Waals surface area contributed by atoms with E-state index in [0.717, 1.165) is 12.1 Å². The van der Waals surface area contributed by atoms with Gasteiger partial charge < -0.3 is 15.2 Å². The molecule has 2 N–H and O–H groups in total. The Labute approximate surface area is 133 Å². The van der Waals surface area contributed by atoms with Gasteiger partial charge in [-0.15, -0.1) is 13.2 Å². The van der Waals surface area contributed by atoms with Crippen LogP contribution in [0.15, 0.2) is 24.3 Å². The zero-order valence-electron chi connectivity index (χ0n) is 13.2. The zero-order valence-corrected chi connectivity index (χ0v) is 13.2. The molecule has 1 rings (SSSR count). The molecule has 0 aromatic heterocycles. The van der Waals surface area contributed by atoms with Crippen LogP contribution < -0.4 is 10.1 Å². The lowest BCUT2D eigenvalue weighted by molar-refractivity contribution is -0.274. The Morgan fingerprint density at radius 3 is 2.26 bits per heavy atom. The molecule has 0 radical (unpaired) electrons. The smallest absolute Gasteiger partial charge is 0.406 e. The molecule has 1 atom stereocenters. The van der Waals surface area contributed by atoms with Crippen molar-refractivity contribution in [2.24, 2.45) is 0 Å². The fraction of sp³-hybridized carbons (Fsp3) is 0.533. The zero-order chi connectivity index (χ0) is 17.6. The van der Waals surface area contributed by atoms with Crippen LogP contribution in [-0.2, 0) is 4.79 Å². The topological polar surface area (TPSA) is 61.8 Å². The number of anilines is 1. The first-order valence-electron chi connectivity index (χ1n) is 7.14. The monoisotopic (exact) mass is 334 g/mol. The Morgan fingerprint density at radius 2 is 1.83 bits per heavy atom. The van der Waals surface area contributed by atoms with Crippen molar-refractivity contribution in [1.82, 2.24) is 4.90 Å². The molecule has 0 saturated carbocycles. The summed E-state index contributed by atoms with van der Waals surface area (Å²) < 4.78 is 39.9. The van der Waals surface area contributed by atoms with Gasteiger partial charge in [-0.3, -0.25) is 9.69 Å². The molecule has 1 aromatic rings. The molecule has 8 heteroatoms. The van der Waals surface area contributed by atoms with Crippen LogP contribution in [0.2, 0.25) is 0 Å². The largest absolute Gasteiger partial charge is 0.573 e. The summed E-state index contributed by atoms with van der Waals surface area (Å²) >= 11 is 0. The first kappa shape index (κ1) is 19.2. The van der Waals surface area contributed by atoms with Crippen LogP contribution in [0.25, 0.3) is 0 Å². The predicted octanol–water partition coefficient (Wildman–Crippen LogP) is 2.61. The summed E-state index contributed by atoms with van der Waals surface area (Å²) in [7, 11) is 0. The Balaban J connectivity index is 2.59. The van der Waals surface area contributed by atoms with E-state index in [1.165, 1.54) is 12.1 Å². The van der Waals surface area contributed by atoms with E-state index in [4.69, 9.17) is 0 Å². The minimum Gasteiger partial charge on any atom is -0.406 e. The maximum absolute atomic E-state index is 12.1. The van der Waals surface area contributed by atoms with Gasteiger partial charge in [0, 0.05) is 18.3 Å². The number of carbonyl (C=O) groups excluding carboxylic acids is 1. The van der Waals surface area contributed by atoms with Gasteiger partial charge in [-0.1, -0.05) is 0 Å². The number of aliphatic hydroxyl groups is 1. The van der Waals surface area contributed by atoms with Crippen LogP contribution in [0.3, 0.4) is 0 Å². The fourth-order valence-corrected chi connectivity index (χ4v) is 1.92. The van der Waals surface area contributed by atoms with Crippen LogP contribution >= 0.6 is 0 Å². The van der Waals surface area contributed by atoms with E-state index in [1.54, 1.807) is 11.8 Å². The first-order valence-corrected chi connectivity index (χ1v) is 7.14. The second-order valence-electron chi connectivity index (χ2n) is 5.49. The third-order valence-electron chi connectivity index (χ3n) is 2.95. The van der Waals surface area contributed by atoms with E-state index in [-0.39, 0.29) is 24.2 Å². The highest BCUT2D eigenvalue weighted by atomic mass is 19.4. The molecule has 0 spiro atoms.